The highest BCUT2D eigenvalue weighted by Gasteiger charge is 2.18. The van der Waals surface area contributed by atoms with E-state index in [2.05, 4.69) is 15.9 Å². The van der Waals surface area contributed by atoms with E-state index >= 15 is 0 Å². The first-order valence-corrected chi connectivity index (χ1v) is 8.24. The maximum Gasteiger partial charge on any atom is 0.335 e. The summed E-state index contributed by atoms with van der Waals surface area (Å²) in [5.41, 5.74) is 0.298. The van der Waals surface area contributed by atoms with Gasteiger partial charge in [0.05, 0.1) is 16.2 Å². The van der Waals surface area contributed by atoms with Crippen LogP contribution >= 0.6 is 15.9 Å². The summed E-state index contributed by atoms with van der Waals surface area (Å²) in [6.07, 6.45) is 0. The summed E-state index contributed by atoms with van der Waals surface area (Å²) in [6.45, 7) is 0. The predicted octanol–water partition coefficient (Wildman–Crippen LogP) is 3.26. The lowest BCUT2D eigenvalue weighted by molar-refractivity contribution is 0.0696. The number of rotatable bonds is 4. The van der Waals surface area contributed by atoms with Crippen LogP contribution in [-0.4, -0.2) is 19.5 Å². The third-order valence-corrected chi connectivity index (χ3v) is 5.20. The summed E-state index contributed by atoms with van der Waals surface area (Å²) >= 11 is 3.11. The molecule has 0 radical (unpaired) electrons. The van der Waals surface area contributed by atoms with Gasteiger partial charge < -0.3 is 5.11 Å². The number of carbonyl (C=O) groups is 1. The van der Waals surface area contributed by atoms with Crippen molar-refractivity contribution in [3.8, 4) is 0 Å². The van der Waals surface area contributed by atoms with Gasteiger partial charge in [0.15, 0.2) is 9.84 Å². The van der Waals surface area contributed by atoms with E-state index in [-0.39, 0.29) is 16.2 Å². The molecule has 21 heavy (non-hydrogen) atoms. The third kappa shape index (κ3) is 3.68. The van der Waals surface area contributed by atoms with E-state index in [9.17, 15) is 17.6 Å². The normalized spacial score (nSPS) is 11.3. The topological polar surface area (TPSA) is 71.4 Å². The molecule has 0 heterocycles. The zero-order valence-electron chi connectivity index (χ0n) is 10.6. The van der Waals surface area contributed by atoms with Crippen molar-refractivity contribution >= 4 is 31.7 Å². The van der Waals surface area contributed by atoms with Crippen molar-refractivity contribution in [1.82, 2.24) is 0 Å². The molecule has 0 unspecified atom stereocenters. The largest absolute Gasteiger partial charge is 0.478 e. The van der Waals surface area contributed by atoms with Crippen LogP contribution in [0.15, 0.2) is 51.8 Å². The van der Waals surface area contributed by atoms with E-state index in [0.717, 1.165) is 6.07 Å². The molecule has 4 nitrogen and oxygen atoms in total. The Morgan fingerprint density at radius 3 is 2.52 bits per heavy atom. The standard InChI is InChI=1S/C14H10BrFO4S/c15-13-7-11(16)5-4-10(13)8-21(19,20)12-3-1-2-9(6-12)14(17)18/h1-7H,8H2,(H,17,18). The average molecular weight is 373 g/mol. The van der Waals surface area contributed by atoms with Crippen molar-refractivity contribution in [2.45, 2.75) is 10.6 Å². The minimum atomic E-state index is -3.72. The second-order valence-corrected chi connectivity index (χ2v) is 7.17. The lowest BCUT2D eigenvalue weighted by Crippen LogP contribution is -2.07. The molecule has 0 aliphatic rings. The molecule has 0 spiro atoms. The van der Waals surface area contributed by atoms with E-state index in [4.69, 9.17) is 5.11 Å². The highest BCUT2D eigenvalue weighted by molar-refractivity contribution is 9.10. The lowest BCUT2D eigenvalue weighted by atomic mass is 10.2. The second-order valence-electron chi connectivity index (χ2n) is 4.33. The van der Waals surface area contributed by atoms with Crippen LogP contribution in [0.1, 0.15) is 15.9 Å². The van der Waals surface area contributed by atoms with Crippen LogP contribution in [0.3, 0.4) is 0 Å². The summed E-state index contributed by atoms with van der Waals surface area (Å²) in [4.78, 5) is 10.8. The molecule has 0 bridgehead atoms. The Kier molecular flexibility index (Phi) is 4.43. The van der Waals surface area contributed by atoms with E-state index < -0.39 is 21.6 Å². The quantitative estimate of drug-likeness (QED) is 0.893. The minimum Gasteiger partial charge on any atom is -0.478 e. The fourth-order valence-corrected chi connectivity index (χ4v) is 3.85. The number of carboxylic acid groups (broad SMARTS) is 1. The molecule has 1 N–H and O–H groups in total. The Balaban J connectivity index is 2.38. The summed E-state index contributed by atoms with van der Waals surface area (Å²) in [7, 11) is -3.72. The number of halogens is 2. The van der Waals surface area contributed by atoms with Crippen LogP contribution in [0, 0.1) is 5.82 Å². The van der Waals surface area contributed by atoms with Gasteiger partial charge in [-0.15, -0.1) is 0 Å². The molecular weight excluding hydrogens is 363 g/mol. The maximum absolute atomic E-state index is 13.0. The maximum atomic E-state index is 13.0. The van der Waals surface area contributed by atoms with E-state index in [0.29, 0.717) is 10.0 Å². The Labute approximate surface area is 129 Å². The van der Waals surface area contributed by atoms with Crippen molar-refractivity contribution in [2.24, 2.45) is 0 Å². The van der Waals surface area contributed by atoms with Crippen LogP contribution < -0.4 is 0 Å². The number of hydrogen-bond acceptors (Lipinski definition) is 3. The summed E-state index contributed by atoms with van der Waals surface area (Å²) in [5, 5.41) is 8.90. The van der Waals surface area contributed by atoms with Crippen LogP contribution in [0.5, 0.6) is 0 Å². The zero-order chi connectivity index (χ0) is 15.6. The molecule has 0 aliphatic heterocycles. The SMILES string of the molecule is O=C(O)c1cccc(S(=O)(=O)Cc2ccc(F)cc2Br)c1. The smallest absolute Gasteiger partial charge is 0.335 e. The van der Waals surface area contributed by atoms with Crippen molar-refractivity contribution < 1.29 is 22.7 Å². The molecule has 110 valence electrons. The second kappa shape index (κ2) is 5.95. The first-order chi connectivity index (χ1) is 9.79. The molecule has 2 aromatic rings. The molecular formula is C14H10BrFO4S. The van der Waals surface area contributed by atoms with Gasteiger partial charge in [0.2, 0.25) is 0 Å². The number of sulfone groups is 1. The summed E-state index contributed by atoms with van der Waals surface area (Å²) in [5.74, 6) is -2.03. The highest BCUT2D eigenvalue weighted by atomic mass is 79.9. The van der Waals surface area contributed by atoms with E-state index in [1.165, 1.54) is 36.4 Å². The van der Waals surface area contributed by atoms with Gasteiger partial charge in [-0.25, -0.2) is 17.6 Å². The van der Waals surface area contributed by atoms with Crippen LogP contribution in [0.25, 0.3) is 0 Å². The first kappa shape index (κ1) is 15.7. The fraction of sp³-hybridized carbons (Fsp3) is 0.0714. The van der Waals surface area contributed by atoms with E-state index in [1.807, 2.05) is 0 Å². The van der Waals surface area contributed by atoms with Gasteiger partial charge in [-0.05, 0) is 35.9 Å². The molecule has 0 amide bonds. The number of aromatic carboxylic acids is 1. The van der Waals surface area contributed by atoms with Crippen LogP contribution in [-0.2, 0) is 15.6 Å². The molecule has 7 heteroatoms. The monoisotopic (exact) mass is 372 g/mol. The van der Waals surface area contributed by atoms with Gasteiger partial charge in [-0.2, -0.15) is 0 Å². The van der Waals surface area contributed by atoms with Gasteiger partial charge >= 0.3 is 5.97 Å². The first-order valence-electron chi connectivity index (χ1n) is 5.79. The van der Waals surface area contributed by atoms with E-state index in [1.54, 1.807) is 0 Å². The van der Waals surface area contributed by atoms with Gasteiger partial charge in [0, 0.05) is 4.47 Å². The minimum absolute atomic E-state index is 0.0846. The van der Waals surface area contributed by atoms with Gasteiger partial charge in [0.1, 0.15) is 5.82 Å². The summed E-state index contributed by atoms with van der Waals surface area (Å²) < 4.78 is 38.0. The fourth-order valence-electron chi connectivity index (χ4n) is 1.75. The highest BCUT2D eigenvalue weighted by Crippen LogP contribution is 2.24. The molecule has 0 aromatic heterocycles. The lowest BCUT2D eigenvalue weighted by Gasteiger charge is -2.07. The third-order valence-electron chi connectivity index (χ3n) is 2.80. The predicted molar refractivity (Wildman–Crippen MR) is 78.4 cm³/mol. The molecule has 0 saturated carbocycles. The average Bonchev–Trinajstić information content (AvgIpc) is 2.42. The Morgan fingerprint density at radius 1 is 1.19 bits per heavy atom. The van der Waals surface area contributed by atoms with Crippen molar-refractivity contribution in [1.29, 1.82) is 0 Å². The number of carboxylic acids is 1. The Hall–Kier alpha value is -1.73. The number of benzene rings is 2. The van der Waals surface area contributed by atoms with Gasteiger partial charge in [0.25, 0.3) is 0 Å². The molecule has 0 fully saturated rings. The Bertz CT molecular complexity index is 802. The molecule has 0 aliphatic carbocycles. The van der Waals surface area contributed by atoms with Crippen molar-refractivity contribution in [2.75, 3.05) is 0 Å². The Morgan fingerprint density at radius 2 is 1.90 bits per heavy atom. The number of hydrogen-bond donors (Lipinski definition) is 1. The van der Waals surface area contributed by atoms with Gasteiger partial charge in [-0.1, -0.05) is 28.1 Å². The van der Waals surface area contributed by atoms with Gasteiger partial charge in [-0.3, -0.25) is 0 Å². The summed E-state index contributed by atoms with van der Waals surface area (Å²) in [6, 6.07) is 8.85. The van der Waals surface area contributed by atoms with Crippen molar-refractivity contribution in [3.05, 3.63) is 63.9 Å². The van der Waals surface area contributed by atoms with Crippen LogP contribution in [0.2, 0.25) is 0 Å². The van der Waals surface area contributed by atoms with Crippen molar-refractivity contribution in [3.63, 3.8) is 0 Å². The van der Waals surface area contributed by atoms with Crippen LogP contribution in [0.4, 0.5) is 4.39 Å². The zero-order valence-corrected chi connectivity index (χ0v) is 13.0. The molecule has 0 saturated heterocycles. The molecule has 0 atom stereocenters. The molecule has 2 rings (SSSR count). The molecule has 2 aromatic carbocycles.